The first-order valence-electron chi connectivity index (χ1n) is 12.4. The van der Waals surface area contributed by atoms with Gasteiger partial charge in [0.2, 0.25) is 0 Å². The van der Waals surface area contributed by atoms with Gasteiger partial charge in [0.15, 0.2) is 17.4 Å². The van der Waals surface area contributed by atoms with Crippen molar-refractivity contribution in [2.45, 2.75) is 38.6 Å². The van der Waals surface area contributed by atoms with E-state index in [0.29, 0.717) is 51.6 Å². The number of rotatable bonds is 5. The maximum atomic E-state index is 14.6. The maximum Gasteiger partial charge on any atom is 0.165 e. The molecule has 3 fully saturated rings. The van der Waals surface area contributed by atoms with Crippen molar-refractivity contribution in [3.05, 3.63) is 60.0 Å². The highest BCUT2D eigenvalue weighted by Gasteiger charge is 2.41. The Morgan fingerprint density at radius 3 is 2.44 bits per heavy atom. The average molecular weight is 493 g/mol. The molecule has 2 aromatic heterocycles. The fraction of sp³-hybridized carbons (Fsp3) is 0.357. The Kier molecular flexibility index (Phi) is 5.62. The number of H-pyrrole nitrogens is 1. The van der Waals surface area contributed by atoms with Crippen molar-refractivity contribution in [2.24, 2.45) is 17.8 Å². The second-order valence-corrected chi connectivity index (χ2v) is 10.0. The van der Waals surface area contributed by atoms with Crippen LogP contribution in [-0.4, -0.2) is 28.1 Å². The maximum absolute atomic E-state index is 14.6. The molecule has 2 atom stereocenters. The van der Waals surface area contributed by atoms with Crippen LogP contribution in [0.5, 0.6) is 5.75 Å². The predicted molar refractivity (Wildman–Crippen MR) is 133 cm³/mol. The fourth-order valence-electron chi connectivity index (χ4n) is 6.13. The number of aromatic amines is 1. The van der Waals surface area contributed by atoms with E-state index < -0.39 is 17.5 Å². The SMILES string of the molecule is COc1ccc(-c2cc(N[C@H]3C4CCC(CC4)[C@@H]3C)nc(-c3c[nH]c4c(F)cc(F)cc34)n2)cc1F. The molecule has 8 heteroatoms. The number of nitrogens with one attached hydrogen (secondary N) is 2. The minimum absolute atomic E-state index is 0.140. The van der Waals surface area contributed by atoms with Crippen molar-refractivity contribution in [3.8, 4) is 28.4 Å². The molecule has 2 N–H and O–H groups in total. The van der Waals surface area contributed by atoms with Gasteiger partial charge in [-0.1, -0.05) is 6.92 Å². The van der Waals surface area contributed by atoms with Gasteiger partial charge >= 0.3 is 0 Å². The highest BCUT2D eigenvalue weighted by atomic mass is 19.1. The number of anilines is 1. The fourth-order valence-corrected chi connectivity index (χ4v) is 6.13. The van der Waals surface area contributed by atoms with E-state index in [1.165, 1.54) is 44.9 Å². The Hall–Kier alpha value is -3.55. The molecule has 5 nitrogen and oxygen atoms in total. The van der Waals surface area contributed by atoms with E-state index in [2.05, 4.69) is 22.2 Å². The van der Waals surface area contributed by atoms with E-state index >= 15 is 0 Å². The van der Waals surface area contributed by atoms with E-state index in [4.69, 9.17) is 9.72 Å². The lowest BCUT2D eigenvalue weighted by molar-refractivity contribution is 0.0928. The van der Waals surface area contributed by atoms with E-state index in [0.717, 1.165) is 6.07 Å². The van der Waals surface area contributed by atoms with Gasteiger partial charge in [-0.2, -0.15) is 0 Å². The Balaban J connectivity index is 1.47. The normalized spacial score (nSPS) is 23.2. The number of ether oxygens (including phenoxy) is 1. The van der Waals surface area contributed by atoms with Crippen LogP contribution in [0.4, 0.5) is 19.0 Å². The molecule has 3 aliphatic rings. The first-order valence-corrected chi connectivity index (χ1v) is 12.4. The molecule has 0 unspecified atom stereocenters. The largest absolute Gasteiger partial charge is 0.494 e. The highest BCUT2D eigenvalue weighted by Crippen LogP contribution is 2.46. The van der Waals surface area contributed by atoms with E-state index in [1.54, 1.807) is 18.3 Å². The van der Waals surface area contributed by atoms with Crippen molar-refractivity contribution in [1.29, 1.82) is 0 Å². The number of hydrogen-bond acceptors (Lipinski definition) is 4. The Labute approximate surface area is 207 Å². The third-order valence-electron chi connectivity index (χ3n) is 8.07. The van der Waals surface area contributed by atoms with E-state index in [-0.39, 0.29) is 17.3 Å². The summed E-state index contributed by atoms with van der Waals surface area (Å²) >= 11 is 0. The summed E-state index contributed by atoms with van der Waals surface area (Å²) in [6.45, 7) is 2.29. The summed E-state index contributed by atoms with van der Waals surface area (Å²) < 4.78 is 48.1. The van der Waals surface area contributed by atoms with Gasteiger partial charge in [0.05, 0.1) is 18.3 Å². The molecule has 0 radical (unpaired) electrons. The Bertz CT molecular complexity index is 1440. The van der Waals surface area contributed by atoms with Crippen LogP contribution in [0, 0.1) is 35.2 Å². The van der Waals surface area contributed by atoms with Crippen LogP contribution in [0.2, 0.25) is 0 Å². The molecule has 186 valence electrons. The summed E-state index contributed by atoms with van der Waals surface area (Å²) in [6.07, 6.45) is 6.50. The molecule has 0 amide bonds. The van der Waals surface area contributed by atoms with Gasteiger partial charge in [-0.25, -0.2) is 23.1 Å². The highest BCUT2D eigenvalue weighted by molar-refractivity contribution is 5.94. The van der Waals surface area contributed by atoms with Gasteiger partial charge < -0.3 is 15.0 Å². The number of halogens is 3. The van der Waals surface area contributed by atoms with Crippen molar-refractivity contribution in [3.63, 3.8) is 0 Å². The molecule has 3 aliphatic carbocycles. The number of fused-ring (bicyclic) bond motifs is 4. The smallest absolute Gasteiger partial charge is 0.165 e. The Morgan fingerprint density at radius 2 is 1.72 bits per heavy atom. The zero-order valence-corrected chi connectivity index (χ0v) is 20.1. The number of methoxy groups -OCH3 is 1. The summed E-state index contributed by atoms with van der Waals surface area (Å²) in [7, 11) is 1.41. The van der Waals surface area contributed by atoms with Gasteiger partial charge in [0, 0.05) is 40.9 Å². The molecule has 0 aliphatic heterocycles. The lowest BCUT2D eigenvalue weighted by Gasteiger charge is -2.47. The lowest BCUT2D eigenvalue weighted by Crippen LogP contribution is -2.47. The summed E-state index contributed by atoms with van der Waals surface area (Å²) in [4.78, 5) is 12.3. The van der Waals surface area contributed by atoms with Gasteiger partial charge in [0.1, 0.15) is 17.5 Å². The van der Waals surface area contributed by atoms with Gasteiger partial charge in [-0.3, -0.25) is 0 Å². The molecular weight excluding hydrogens is 465 g/mol. The minimum Gasteiger partial charge on any atom is -0.494 e. The van der Waals surface area contributed by atoms with Crippen LogP contribution in [0.1, 0.15) is 32.6 Å². The Morgan fingerprint density at radius 1 is 0.944 bits per heavy atom. The predicted octanol–water partition coefficient (Wildman–Crippen LogP) is 6.95. The molecule has 3 saturated carbocycles. The van der Waals surface area contributed by atoms with E-state index in [1.807, 2.05) is 6.07 Å². The minimum atomic E-state index is -0.685. The van der Waals surface area contributed by atoms with Crippen LogP contribution >= 0.6 is 0 Å². The van der Waals surface area contributed by atoms with Crippen molar-refractivity contribution >= 4 is 16.7 Å². The molecule has 2 heterocycles. The summed E-state index contributed by atoms with van der Waals surface area (Å²) in [5, 5.41) is 4.00. The van der Waals surface area contributed by atoms with Crippen LogP contribution in [0.3, 0.4) is 0 Å². The van der Waals surface area contributed by atoms with Gasteiger partial charge in [-0.05, 0) is 67.7 Å². The first kappa shape index (κ1) is 22.9. The molecule has 4 aromatic rings. The van der Waals surface area contributed by atoms with Crippen LogP contribution in [0.15, 0.2) is 42.6 Å². The van der Waals surface area contributed by atoms with Crippen LogP contribution in [-0.2, 0) is 0 Å². The van der Waals surface area contributed by atoms with Crippen LogP contribution in [0.25, 0.3) is 33.5 Å². The monoisotopic (exact) mass is 492 g/mol. The quantitative estimate of drug-likeness (QED) is 0.316. The molecular formula is C28H27F3N4O. The van der Waals surface area contributed by atoms with Crippen molar-refractivity contribution in [1.82, 2.24) is 15.0 Å². The molecule has 2 bridgehead atoms. The number of hydrogen-bond donors (Lipinski definition) is 2. The second-order valence-electron chi connectivity index (χ2n) is 10.0. The third-order valence-corrected chi connectivity index (χ3v) is 8.07. The van der Waals surface area contributed by atoms with E-state index in [9.17, 15) is 13.2 Å². The zero-order valence-electron chi connectivity index (χ0n) is 20.1. The lowest BCUT2D eigenvalue weighted by atomic mass is 9.62. The summed E-state index contributed by atoms with van der Waals surface area (Å²) in [6, 6.07) is 8.85. The molecule has 0 saturated heterocycles. The molecule has 36 heavy (non-hydrogen) atoms. The van der Waals surface area contributed by atoms with Crippen molar-refractivity contribution < 1.29 is 17.9 Å². The van der Waals surface area contributed by atoms with Gasteiger partial charge in [0.25, 0.3) is 0 Å². The number of aromatic nitrogens is 3. The van der Waals surface area contributed by atoms with Crippen LogP contribution < -0.4 is 10.1 Å². The first-order chi connectivity index (χ1) is 17.4. The number of nitrogens with zero attached hydrogens (tertiary/aromatic N) is 2. The molecule has 2 aromatic carbocycles. The van der Waals surface area contributed by atoms with Gasteiger partial charge in [-0.15, -0.1) is 0 Å². The standard InChI is InChI=1S/C28H27F3N4O/c1-14-15-3-5-16(6-4-15)26(14)34-25-12-23(17-7-8-24(36-2)21(30)9-17)33-28(35-25)20-13-32-27-19(20)10-18(29)11-22(27)31/h7-16,26,32H,3-6H2,1-2H3,(H,33,34,35)/t14-,15?,16?,26+/m0/s1. The topological polar surface area (TPSA) is 62.8 Å². The zero-order chi connectivity index (χ0) is 25.0. The van der Waals surface area contributed by atoms with Crippen molar-refractivity contribution in [2.75, 3.05) is 12.4 Å². The molecule has 0 spiro atoms. The number of benzene rings is 2. The third kappa shape index (κ3) is 3.88. The summed E-state index contributed by atoms with van der Waals surface area (Å²) in [5.41, 5.74) is 1.71. The average Bonchev–Trinajstić information content (AvgIpc) is 3.30. The summed E-state index contributed by atoms with van der Waals surface area (Å²) in [5.74, 6) is 0.965. The molecule has 7 rings (SSSR count). The second kappa shape index (κ2) is 8.84.